The van der Waals surface area contributed by atoms with E-state index >= 15 is 0 Å². The fraction of sp³-hybridized carbons (Fsp3) is 0.533. The number of hydrogen-bond acceptors (Lipinski definition) is 5. The Kier molecular flexibility index (Phi) is 4.10. The van der Waals surface area contributed by atoms with Gasteiger partial charge in [-0.3, -0.25) is 0 Å². The lowest BCUT2D eigenvalue weighted by atomic mass is 9.99. The molecule has 2 aromatic heterocycles. The summed E-state index contributed by atoms with van der Waals surface area (Å²) >= 11 is 3.61. The summed E-state index contributed by atoms with van der Waals surface area (Å²) in [4.78, 5) is 9.86. The van der Waals surface area contributed by atoms with E-state index in [1.165, 1.54) is 21.9 Å². The minimum atomic E-state index is 0.200. The molecule has 0 saturated heterocycles. The van der Waals surface area contributed by atoms with Gasteiger partial charge < -0.3 is 10.6 Å². The lowest BCUT2D eigenvalue weighted by Crippen LogP contribution is -2.30. The van der Waals surface area contributed by atoms with E-state index in [0.717, 1.165) is 24.4 Å². The SMILES string of the molecule is CC(Cc1cccs1)N(C)c1nc2c(s1)C(N)CCC2. The van der Waals surface area contributed by atoms with Crippen LogP contribution < -0.4 is 10.6 Å². The normalized spacial score (nSPS) is 19.6. The van der Waals surface area contributed by atoms with Crippen LogP contribution in [-0.2, 0) is 12.8 Å². The van der Waals surface area contributed by atoms with Crippen LogP contribution in [0.3, 0.4) is 0 Å². The fourth-order valence-corrected chi connectivity index (χ4v) is 4.67. The predicted octanol–water partition coefficient (Wildman–Crippen LogP) is 3.61. The van der Waals surface area contributed by atoms with Crippen molar-refractivity contribution in [1.29, 1.82) is 0 Å². The molecule has 0 amide bonds. The third-order valence-electron chi connectivity index (χ3n) is 4.02. The molecular formula is C15H21N3S2. The number of fused-ring (bicyclic) bond motifs is 1. The average molecular weight is 307 g/mol. The lowest BCUT2D eigenvalue weighted by molar-refractivity contribution is 0.573. The zero-order valence-corrected chi connectivity index (χ0v) is 13.6. The maximum Gasteiger partial charge on any atom is 0.185 e. The molecule has 2 atom stereocenters. The zero-order valence-electron chi connectivity index (χ0n) is 12.0. The van der Waals surface area contributed by atoms with E-state index in [0.29, 0.717) is 6.04 Å². The Bertz CT molecular complexity index is 562. The Balaban J connectivity index is 1.75. The van der Waals surface area contributed by atoms with Crippen LogP contribution in [0.1, 0.15) is 41.3 Å². The number of thiophene rings is 1. The number of rotatable bonds is 4. The molecule has 20 heavy (non-hydrogen) atoms. The van der Waals surface area contributed by atoms with Crippen molar-refractivity contribution in [3.63, 3.8) is 0 Å². The van der Waals surface area contributed by atoms with Crippen molar-refractivity contribution < 1.29 is 0 Å². The highest BCUT2D eigenvalue weighted by Crippen LogP contribution is 2.36. The standard InChI is InChI=1S/C15H21N3S2/c1-10(9-11-5-4-8-19-11)18(2)15-17-13-7-3-6-12(16)14(13)20-15/h4-5,8,10,12H,3,6-7,9,16H2,1-2H3. The molecule has 5 heteroatoms. The first-order chi connectivity index (χ1) is 9.65. The number of aryl methyl sites for hydroxylation is 1. The maximum atomic E-state index is 6.20. The molecule has 3 nitrogen and oxygen atoms in total. The molecule has 1 aliphatic rings. The summed E-state index contributed by atoms with van der Waals surface area (Å²) in [5.41, 5.74) is 7.43. The molecule has 0 spiro atoms. The van der Waals surface area contributed by atoms with Crippen LogP contribution in [0.2, 0.25) is 0 Å². The molecule has 2 unspecified atom stereocenters. The first kappa shape index (κ1) is 14.0. The van der Waals surface area contributed by atoms with Gasteiger partial charge in [0.15, 0.2) is 5.13 Å². The largest absolute Gasteiger partial charge is 0.348 e. The van der Waals surface area contributed by atoms with Gasteiger partial charge in [-0.05, 0) is 37.6 Å². The molecular weight excluding hydrogens is 286 g/mol. The van der Waals surface area contributed by atoms with Gasteiger partial charge in [-0.25, -0.2) is 4.98 Å². The van der Waals surface area contributed by atoms with Crippen molar-refractivity contribution in [3.8, 4) is 0 Å². The molecule has 0 saturated carbocycles. The van der Waals surface area contributed by atoms with E-state index in [1.54, 1.807) is 11.3 Å². The number of hydrogen-bond donors (Lipinski definition) is 1. The quantitative estimate of drug-likeness (QED) is 0.938. The summed E-state index contributed by atoms with van der Waals surface area (Å²) in [5, 5.41) is 3.26. The highest BCUT2D eigenvalue weighted by molar-refractivity contribution is 7.15. The number of nitrogens with two attached hydrogens (primary N) is 1. The van der Waals surface area contributed by atoms with Crippen LogP contribution >= 0.6 is 22.7 Å². The molecule has 0 radical (unpaired) electrons. The molecule has 3 rings (SSSR count). The number of aromatic nitrogens is 1. The molecule has 108 valence electrons. The summed E-state index contributed by atoms with van der Waals surface area (Å²) in [7, 11) is 2.15. The van der Waals surface area contributed by atoms with Gasteiger partial charge in [-0.2, -0.15) is 0 Å². The highest BCUT2D eigenvalue weighted by Gasteiger charge is 2.24. The molecule has 0 bridgehead atoms. The average Bonchev–Trinajstić information content (AvgIpc) is 3.07. The Morgan fingerprint density at radius 3 is 3.10 bits per heavy atom. The number of thiazole rings is 1. The molecule has 0 aromatic carbocycles. The van der Waals surface area contributed by atoms with Crippen LogP contribution in [0.25, 0.3) is 0 Å². The number of likely N-dealkylation sites (N-methyl/N-ethyl adjacent to an activating group) is 1. The maximum absolute atomic E-state index is 6.20. The Morgan fingerprint density at radius 1 is 1.55 bits per heavy atom. The van der Waals surface area contributed by atoms with Crippen molar-refractivity contribution in [3.05, 3.63) is 33.0 Å². The van der Waals surface area contributed by atoms with Gasteiger partial charge in [0, 0.05) is 35.3 Å². The third kappa shape index (κ3) is 2.75. The summed E-state index contributed by atoms with van der Waals surface area (Å²) in [6, 6.07) is 4.98. The van der Waals surface area contributed by atoms with Crippen molar-refractivity contribution in [1.82, 2.24) is 4.98 Å². The van der Waals surface area contributed by atoms with Gasteiger partial charge in [0.2, 0.25) is 0 Å². The van der Waals surface area contributed by atoms with E-state index in [9.17, 15) is 0 Å². The Hall–Kier alpha value is -0.910. The van der Waals surface area contributed by atoms with Gasteiger partial charge in [0.1, 0.15) is 0 Å². The van der Waals surface area contributed by atoms with Crippen LogP contribution in [-0.4, -0.2) is 18.1 Å². The number of nitrogens with zero attached hydrogens (tertiary/aromatic N) is 2. The van der Waals surface area contributed by atoms with Crippen molar-refractivity contribution >= 4 is 27.8 Å². The summed E-state index contributed by atoms with van der Waals surface area (Å²) in [5.74, 6) is 0. The monoisotopic (exact) mass is 307 g/mol. The summed E-state index contributed by atoms with van der Waals surface area (Å²) in [6.45, 7) is 2.26. The summed E-state index contributed by atoms with van der Waals surface area (Å²) in [6.07, 6.45) is 4.44. The van der Waals surface area contributed by atoms with Crippen LogP contribution in [0, 0.1) is 0 Å². The predicted molar refractivity (Wildman–Crippen MR) is 87.9 cm³/mol. The fourth-order valence-electron chi connectivity index (χ4n) is 2.64. The van der Waals surface area contributed by atoms with Crippen molar-refractivity contribution in [2.75, 3.05) is 11.9 Å². The third-order valence-corrected chi connectivity index (χ3v) is 6.24. The second-order valence-electron chi connectivity index (χ2n) is 5.55. The van der Waals surface area contributed by atoms with Crippen LogP contribution in [0.15, 0.2) is 17.5 Å². The zero-order chi connectivity index (χ0) is 14.1. The van der Waals surface area contributed by atoms with E-state index in [-0.39, 0.29) is 6.04 Å². The summed E-state index contributed by atoms with van der Waals surface area (Å²) < 4.78 is 0. The topological polar surface area (TPSA) is 42.2 Å². The molecule has 2 heterocycles. The van der Waals surface area contributed by atoms with E-state index in [2.05, 4.69) is 36.4 Å². The molecule has 2 N–H and O–H groups in total. The van der Waals surface area contributed by atoms with E-state index in [1.807, 2.05) is 11.3 Å². The first-order valence-electron chi connectivity index (χ1n) is 7.15. The van der Waals surface area contributed by atoms with Gasteiger partial charge in [-0.1, -0.05) is 17.4 Å². The van der Waals surface area contributed by atoms with E-state index < -0.39 is 0 Å². The van der Waals surface area contributed by atoms with Crippen molar-refractivity contribution in [2.24, 2.45) is 5.73 Å². The minimum Gasteiger partial charge on any atom is -0.348 e. The van der Waals surface area contributed by atoms with Crippen molar-refractivity contribution in [2.45, 2.75) is 44.7 Å². The molecule has 0 fully saturated rings. The van der Waals surface area contributed by atoms with Gasteiger partial charge in [0.25, 0.3) is 0 Å². The molecule has 1 aliphatic carbocycles. The lowest BCUT2D eigenvalue weighted by Gasteiger charge is -2.23. The minimum absolute atomic E-state index is 0.200. The number of anilines is 1. The van der Waals surface area contributed by atoms with Gasteiger partial charge in [-0.15, -0.1) is 11.3 Å². The second kappa shape index (κ2) is 5.84. The van der Waals surface area contributed by atoms with E-state index in [4.69, 9.17) is 10.7 Å². The smallest absolute Gasteiger partial charge is 0.185 e. The second-order valence-corrected chi connectivity index (χ2v) is 7.59. The molecule has 2 aromatic rings. The van der Waals surface area contributed by atoms with Gasteiger partial charge in [0.05, 0.1) is 5.69 Å². The molecule has 0 aliphatic heterocycles. The highest BCUT2D eigenvalue weighted by atomic mass is 32.1. The Labute approximate surface area is 128 Å². The van der Waals surface area contributed by atoms with Crippen LogP contribution in [0.4, 0.5) is 5.13 Å². The van der Waals surface area contributed by atoms with Crippen LogP contribution in [0.5, 0.6) is 0 Å². The first-order valence-corrected chi connectivity index (χ1v) is 8.85. The Morgan fingerprint density at radius 2 is 2.40 bits per heavy atom. The van der Waals surface area contributed by atoms with Gasteiger partial charge >= 0.3 is 0 Å².